The molecule has 2 aliphatic rings. The molecule has 9 nitrogen and oxygen atoms in total. The van der Waals surface area contributed by atoms with Crippen molar-refractivity contribution >= 4 is 29.5 Å². The van der Waals surface area contributed by atoms with E-state index in [4.69, 9.17) is 9.47 Å². The maximum Gasteiger partial charge on any atom is 0.471 e. The van der Waals surface area contributed by atoms with Crippen LogP contribution in [0.3, 0.4) is 0 Å². The summed E-state index contributed by atoms with van der Waals surface area (Å²) in [6.07, 6.45) is -5.44. The number of thioether (sulfide) groups is 1. The van der Waals surface area contributed by atoms with E-state index in [1.165, 1.54) is 11.8 Å². The first-order valence-corrected chi connectivity index (χ1v) is 17.8. The Bertz CT molecular complexity index is 1910. The number of rotatable bonds is 11. The molecule has 13 heteroatoms. The number of carbonyl (C=O) groups excluding carboxylic acids is 2. The standard InChI is InChI=1S/C39H37F3N2O7S/c40-39(41,42)38(49)44-17-5-11-32(44)35(46)43-21-25-6-3-7-27(18-25)28-8-4-9-29(19-28)37-50-30(23-52-34-12-2-1-10-31(34)36(47)48)20-33(51-37)26-15-13-24(22-45)14-16-26/h1-4,6-10,12-16,18-19,30,32-33,37,45H,5,11,17,20-23H2,(H,43,46)(H,47,48)/t30-,32+,33+,37+/m1/s1. The zero-order valence-corrected chi connectivity index (χ0v) is 28.7. The molecule has 6 rings (SSSR count). The number of benzene rings is 4. The summed E-state index contributed by atoms with van der Waals surface area (Å²) in [4.78, 5) is 37.7. The molecule has 272 valence electrons. The predicted octanol–water partition coefficient (Wildman–Crippen LogP) is 7.05. The second-order valence-electron chi connectivity index (χ2n) is 12.7. The minimum absolute atomic E-state index is 0.0624. The minimum atomic E-state index is -5.04. The van der Waals surface area contributed by atoms with E-state index in [1.54, 1.807) is 30.3 Å². The number of halogens is 3. The van der Waals surface area contributed by atoms with Crippen LogP contribution in [0.25, 0.3) is 11.1 Å². The summed E-state index contributed by atoms with van der Waals surface area (Å²) in [6.45, 7) is -0.138. The number of amides is 2. The van der Waals surface area contributed by atoms with Crippen LogP contribution < -0.4 is 5.32 Å². The van der Waals surface area contributed by atoms with Crippen molar-refractivity contribution in [1.29, 1.82) is 0 Å². The first-order valence-electron chi connectivity index (χ1n) is 16.8. The van der Waals surface area contributed by atoms with Crippen molar-refractivity contribution in [2.24, 2.45) is 0 Å². The predicted molar refractivity (Wildman–Crippen MR) is 187 cm³/mol. The average molecular weight is 735 g/mol. The van der Waals surface area contributed by atoms with Gasteiger partial charge in [-0.1, -0.05) is 72.8 Å². The van der Waals surface area contributed by atoms with Gasteiger partial charge in [-0.2, -0.15) is 13.2 Å². The highest BCUT2D eigenvalue weighted by Gasteiger charge is 2.47. The Morgan fingerprint density at radius 2 is 1.60 bits per heavy atom. The molecule has 0 spiro atoms. The number of carbonyl (C=O) groups is 3. The molecule has 4 aromatic rings. The van der Waals surface area contributed by atoms with Crippen LogP contribution in [0.4, 0.5) is 13.2 Å². The van der Waals surface area contributed by atoms with E-state index in [2.05, 4.69) is 5.32 Å². The summed E-state index contributed by atoms with van der Waals surface area (Å²) in [7, 11) is 0. The number of likely N-dealkylation sites (tertiary alicyclic amines) is 1. The van der Waals surface area contributed by atoms with E-state index in [-0.39, 0.29) is 43.9 Å². The smallest absolute Gasteiger partial charge is 0.471 e. The fourth-order valence-corrected chi connectivity index (χ4v) is 7.52. The molecule has 2 heterocycles. The Labute approximate surface area is 302 Å². The second-order valence-corrected chi connectivity index (χ2v) is 13.7. The van der Waals surface area contributed by atoms with Gasteiger partial charge in [0.25, 0.3) is 0 Å². The molecular formula is C39H37F3N2O7S. The quantitative estimate of drug-likeness (QED) is 0.140. The number of carboxylic acid groups (broad SMARTS) is 1. The highest BCUT2D eigenvalue weighted by Crippen LogP contribution is 2.40. The van der Waals surface area contributed by atoms with Crippen molar-refractivity contribution in [1.82, 2.24) is 10.2 Å². The molecule has 0 radical (unpaired) electrons. The molecule has 2 amide bonds. The van der Waals surface area contributed by atoms with Gasteiger partial charge in [0.05, 0.1) is 24.4 Å². The van der Waals surface area contributed by atoms with E-state index in [0.717, 1.165) is 33.4 Å². The summed E-state index contributed by atoms with van der Waals surface area (Å²) in [5.41, 5.74) is 5.05. The third-order valence-corrected chi connectivity index (χ3v) is 10.3. The average Bonchev–Trinajstić information content (AvgIpc) is 3.66. The minimum Gasteiger partial charge on any atom is -0.478 e. The molecule has 2 aliphatic heterocycles. The van der Waals surface area contributed by atoms with Gasteiger partial charge in [-0.3, -0.25) is 9.59 Å². The van der Waals surface area contributed by atoms with Gasteiger partial charge in [0.2, 0.25) is 5.91 Å². The van der Waals surface area contributed by atoms with Crippen LogP contribution in [0.2, 0.25) is 0 Å². The van der Waals surface area contributed by atoms with Crippen LogP contribution in [0.1, 0.15) is 64.3 Å². The van der Waals surface area contributed by atoms with Crippen molar-refractivity contribution in [2.75, 3.05) is 12.3 Å². The molecule has 0 saturated carbocycles. The summed E-state index contributed by atoms with van der Waals surface area (Å²) < 4.78 is 52.2. The van der Waals surface area contributed by atoms with E-state index >= 15 is 0 Å². The number of nitrogens with zero attached hydrogens (tertiary/aromatic N) is 1. The largest absolute Gasteiger partial charge is 0.478 e. The number of ether oxygens (including phenoxy) is 2. The summed E-state index contributed by atoms with van der Waals surface area (Å²) in [5, 5.41) is 21.9. The third-order valence-electron chi connectivity index (χ3n) is 9.10. The molecule has 0 aliphatic carbocycles. The van der Waals surface area contributed by atoms with Gasteiger partial charge < -0.3 is 29.9 Å². The first kappa shape index (κ1) is 37.1. The lowest BCUT2D eigenvalue weighted by Gasteiger charge is -2.36. The number of hydrogen-bond donors (Lipinski definition) is 3. The molecule has 0 aromatic heterocycles. The molecule has 0 bridgehead atoms. The second kappa shape index (κ2) is 16.3. The van der Waals surface area contributed by atoms with Crippen molar-refractivity contribution in [3.05, 3.63) is 125 Å². The first-order chi connectivity index (χ1) is 25.0. The Morgan fingerprint density at radius 3 is 2.33 bits per heavy atom. The molecular weight excluding hydrogens is 697 g/mol. The van der Waals surface area contributed by atoms with Crippen LogP contribution in [-0.2, 0) is 32.2 Å². The normalized spacial score (nSPS) is 20.4. The molecule has 52 heavy (non-hydrogen) atoms. The molecule has 4 aromatic carbocycles. The maximum absolute atomic E-state index is 13.1. The molecule has 0 unspecified atom stereocenters. The zero-order valence-electron chi connectivity index (χ0n) is 27.9. The highest BCUT2D eigenvalue weighted by molar-refractivity contribution is 7.99. The number of hydrogen-bond acceptors (Lipinski definition) is 7. The maximum atomic E-state index is 13.1. The van der Waals surface area contributed by atoms with Gasteiger partial charge in [-0.15, -0.1) is 11.8 Å². The Hall–Kier alpha value is -4.69. The Kier molecular flexibility index (Phi) is 11.6. The van der Waals surface area contributed by atoms with Crippen molar-refractivity contribution in [3.63, 3.8) is 0 Å². The van der Waals surface area contributed by atoms with E-state index < -0.39 is 36.3 Å². The molecule has 2 saturated heterocycles. The van der Waals surface area contributed by atoms with Crippen LogP contribution in [0, 0.1) is 0 Å². The molecule has 3 N–H and O–H groups in total. The monoisotopic (exact) mass is 734 g/mol. The van der Waals surface area contributed by atoms with Crippen molar-refractivity contribution < 1.29 is 47.2 Å². The number of aliphatic hydroxyl groups excluding tert-OH is 1. The van der Waals surface area contributed by atoms with E-state index in [0.29, 0.717) is 28.4 Å². The fraction of sp³-hybridized carbons (Fsp3) is 0.308. The number of alkyl halides is 3. The lowest BCUT2D eigenvalue weighted by Crippen LogP contribution is -2.50. The molecule has 4 atom stereocenters. The number of carboxylic acids is 1. The van der Waals surface area contributed by atoms with Crippen LogP contribution in [0.15, 0.2) is 102 Å². The van der Waals surface area contributed by atoms with Gasteiger partial charge in [0.1, 0.15) is 6.04 Å². The van der Waals surface area contributed by atoms with Gasteiger partial charge >= 0.3 is 18.1 Å². The Morgan fingerprint density at radius 1 is 0.865 bits per heavy atom. The summed E-state index contributed by atoms with van der Waals surface area (Å²) >= 11 is 1.41. The van der Waals surface area contributed by atoms with Gasteiger partial charge in [0.15, 0.2) is 6.29 Å². The lowest BCUT2D eigenvalue weighted by atomic mass is 9.99. The van der Waals surface area contributed by atoms with Gasteiger partial charge in [-0.05, 0) is 64.9 Å². The number of nitrogens with one attached hydrogen (secondary N) is 1. The lowest BCUT2D eigenvalue weighted by molar-refractivity contribution is -0.245. The SMILES string of the molecule is O=C(O)c1ccccc1SC[C@H]1C[C@@H](c2ccc(CO)cc2)O[C@@H](c2cccc(-c3cccc(CNC(=O)[C@@H]4CCCN4C(=O)C(F)(F)F)c3)c2)O1. The number of aromatic carboxylic acids is 1. The van der Waals surface area contributed by atoms with Gasteiger partial charge in [0, 0.05) is 35.7 Å². The third kappa shape index (κ3) is 8.84. The van der Waals surface area contributed by atoms with Crippen LogP contribution in [-0.4, -0.2) is 63.5 Å². The van der Waals surface area contributed by atoms with Crippen molar-refractivity contribution in [3.8, 4) is 11.1 Å². The summed E-state index contributed by atoms with van der Waals surface area (Å²) in [6, 6.07) is 28.2. The number of aliphatic hydroxyl groups is 1. The van der Waals surface area contributed by atoms with Crippen LogP contribution >= 0.6 is 11.8 Å². The van der Waals surface area contributed by atoms with Crippen molar-refractivity contribution in [2.45, 2.75) is 68.0 Å². The van der Waals surface area contributed by atoms with Gasteiger partial charge in [-0.25, -0.2) is 4.79 Å². The Balaban J connectivity index is 1.18. The van der Waals surface area contributed by atoms with Crippen LogP contribution in [0.5, 0.6) is 0 Å². The molecule has 2 fully saturated rings. The van der Waals surface area contributed by atoms with E-state index in [9.17, 15) is 37.8 Å². The van der Waals surface area contributed by atoms with E-state index in [1.807, 2.05) is 66.7 Å². The highest BCUT2D eigenvalue weighted by atomic mass is 32.2. The fourth-order valence-electron chi connectivity index (χ4n) is 6.45. The zero-order chi connectivity index (χ0) is 36.8. The topological polar surface area (TPSA) is 125 Å². The summed E-state index contributed by atoms with van der Waals surface area (Å²) in [5.74, 6) is -3.16.